The smallest absolute Gasteiger partial charge is 0.744 e. The van der Waals surface area contributed by atoms with Crippen LogP contribution >= 0.6 is 0 Å². The number of hydrogen-bond donors (Lipinski definition) is 0. The van der Waals surface area contributed by atoms with Crippen LogP contribution in [0.3, 0.4) is 0 Å². The SMILES string of the molecule is CCCCCCCCc1ccc(S(=O)(=O)[O-])cc1Oc1ccccc1.[Na+]. The summed E-state index contributed by atoms with van der Waals surface area (Å²) in [6.07, 6.45) is 7.88. The van der Waals surface area contributed by atoms with Gasteiger partial charge in [0.25, 0.3) is 0 Å². The molecule has 136 valence electrons. The van der Waals surface area contributed by atoms with E-state index < -0.39 is 10.1 Å². The molecule has 0 atom stereocenters. The first-order valence-corrected chi connectivity index (χ1v) is 10.2. The molecule has 4 nitrogen and oxygen atoms in total. The Morgan fingerprint density at radius 3 is 2.23 bits per heavy atom. The second kappa shape index (κ2) is 11.8. The maximum absolute atomic E-state index is 11.3. The molecule has 0 bridgehead atoms. The predicted octanol–water partition coefficient (Wildman–Crippen LogP) is 2.29. The van der Waals surface area contributed by atoms with Gasteiger partial charge in [-0.1, -0.05) is 63.3 Å². The van der Waals surface area contributed by atoms with Crippen LogP contribution in [0.15, 0.2) is 53.4 Å². The molecule has 6 heteroatoms. The van der Waals surface area contributed by atoms with Gasteiger partial charge in [-0.3, -0.25) is 0 Å². The van der Waals surface area contributed by atoms with Crippen LogP contribution < -0.4 is 34.3 Å². The molecule has 0 saturated heterocycles. The van der Waals surface area contributed by atoms with E-state index in [0.29, 0.717) is 11.5 Å². The number of ether oxygens (including phenoxy) is 1. The Bertz CT molecular complexity index is 761. The molecule has 2 aromatic carbocycles. The first-order valence-electron chi connectivity index (χ1n) is 8.82. The van der Waals surface area contributed by atoms with Crippen molar-refractivity contribution in [1.29, 1.82) is 0 Å². The summed E-state index contributed by atoms with van der Waals surface area (Å²) in [6, 6.07) is 13.6. The minimum atomic E-state index is -4.50. The standard InChI is InChI=1S/C20H26O4S.Na/c1-2-3-4-5-6-8-11-17-14-15-19(25(21,22)23)16-20(17)24-18-12-9-7-10-13-18;/h7,9-10,12-16H,2-6,8,11H2,1H3,(H,21,22,23);/q;+1/p-1. The number of unbranched alkanes of at least 4 members (excludes halogenated alkanes) is 5. The Hall–Kier alpha value is -0.850. The summed E-state index contributed by atoms with van der Waals surface area (Å²) in [7, 11) is -4.50. The van der Waals surface area contributed by atoms with Gasteiger partial charge < -0.3 is 9.29 Å². The molecule has 0 heterocycles. The zero-order chi connectivity index (χ0) is 18.1. The van der Waals surface area contributed by atoms with Crippen molar-refractivity contribution in [1.82, 2.24) is 0 Å². The number of benzene rings is 2. The zero-order valence-corrected chi connectivity index (χ0v) is 18.4. The fraction of sp³-hybridized carbons (Fsp3) is 0.400. The molecule has 0 fully saturated rings. The van der Waals surface area contributed by atoms with Crippen molar-refractivity contribution in [2.45, 2.75) is 56.8 Å². The van der Waals surface area contributed by atoms with Crippen LogP contribution in [-0.4, -0.2) is 13.0 Å². The Labute approximate surface area is 179 Å². The summed E-state index contributed by atoms with van der Waals surface area (Å²) in [4.78, 5) is -0.259. The fourth-order valence-electron chi connectivity index (χ4n) is 2.70. The number of rotatable bonds is 10. The van der Waals surface area contributed by atoms with Crippen LogP contribution in [0.4, 0.5) is 0 Å². The summed E-state index contributed by atoms with van der Waals surface area (Å²) >= 11 is 0. The van der Waals surface area contributed by atoms with Crippen LogP contribution in [-0.2, 0) is 16.5 Å². The fourth-order valence-corrected chi connectivity index (χ4v) is 3.19. The second-order valence-electron chi connectivity index (χ2n) is 6.16. The Balaban J connectivity index is 0.00000338. The summed E-state index contributed by atoms with van der Waals surface area (Å²) in [5.41, 5.74) is 0.923. The molecule has 0 aliphatic carbocycles. The second-order valence-corrected chi connectivity index (χ2v) is 7.54. The molecule has 0 radical (unpaired) electrons. The van der Waals surface area contributed by atoms with E-state index in [0.717, 1.165) is 24.8 Å². The molecule has 0 N–H and O–H groups in total. The summed E-state index contributed by atoms with van der Waals surface area (Å²) in [5, 5.41) is 0. The summed E-state index contributed by atoms with van der Waals surface area (Å²) in [5.74, 6) is 1.06. The van der Waals surface area contributed by atoms with Gasteiger partial charge in [-0.25, -0.2) is 8.42 Å². The molecular weight excluding hydrogens is 359 g/mol. The molecule has 2 rings (SSSR count). The monoisotopic (exact) mass is 384 g/mol. The van der Waals surface area contributed by atoms with E-state index in [1.165, 1.54) is 37.8 Å². The van der Waals surface area contributed by atoms with Crippen molar-refractivity contribution < 1.29 is 47.3 Å². The quantitative estimate of drug-likeness (QED) is 0.358. The first-order chi connectivity index (χ1) is 12.0. The van der Waals surface area contributed by atoms with Crippen molar-refractivity contribution in [3.63, 3.8) is 0 Å². The van der Waals surface area contributed by atoms with Gasteiger partial charge in [-0.05, 0) is 42.7 Å². The molecule has 0 saturated carbocycles. The molecule has 26 heavy (non-hydrogen) atoms. The maximum Gasteiger partial charge on any atom is 1.00 e. The van der Waals surface area contributed by atoms with Crippen molar-refractivity contribution in [2.24, 2.45) is 0 Å². The van der Waals surface area contributed by atoms with Crippen LogP contribution in [0.5, 0.6) is 11.5 Å². The van der Waals surface area contributed by atoms with E-state index in [9.17, 15) is 13.0 Å². The molecule has 0 spiro atoms. The van der Waals surface area contributed by atoms with Gasteiger partial charge in [0, 0.05) is 0 Å². The van der Waals surface area contributed by atoms with E-state index in [1.54, 1.807) is 18.2 Å². The van der Waals surface area contributed by atoms with Crippen molar-refractivity contribution >= 4 is 10.1 Å². The Kier molecular flexibility index (Phi) is 10.5. The van der Waals surface area contributed by atoms with Gasteiger partial charge in [0.15, 0.2) is 0 Å². The largest absolute Gasteiger partial charge is 1.00 e. The van der Waals surface area contributed by atoms with Crippen LogP contribution in [0.2, 0.25) is 0 Å². The van der Waals surface area contributed by atoms with Gasteiger partial charge in [-0.2, -0.15) is 0 Å². The first kappa shape index (κ1) is 23.2. The van der Waals surface area contributed by atoms with Crippen LogP contribution in [0.1, 0.15) is 51.0 Å². The molecule has 0 amide bonds. The number of aryl methyl sites for hydroxylation is 1. The van der Waals surface area contributed by atoms with E-state index in [4.69, 9.17) is 4.74 Å². The third-order valence-corrected chi connectivity index (χ3v) is 4.93. The molecule has 0 aliphatic rings. The number of para-hydroxylation sites is 1. The van der Waals surface area contributed by atoms with Gasteiger partial charge >= 0.3 is 29.6 Å². The molecule has 0 aliphatic heterocycles. The maximum atomic E-state index is 11.3. The van der Waals surface area contributed by atoms with Crippen LogP contribution in [0.25, 0.3) is 0 Å². The molecule has 2 aromatic rings. The van der Waals surface area contributed by atoms with E-state index in [2.05, 4.69) is 6.92 Å². The van der Waals surface area contributed by atoms with Crippen molar-refractivity contribution in [3.05, 3.63) is 54.1 Å². The van der Waals surface area contributed by atoms with Gasteiger partial charge in [0.2, 0.25) is 0 Å². The third kappa shape index (κ3) is 7.80. The number of hydrogen-bond acceptors (Lipinski definition) is 4. The molecular formula is C20H25NaO4S. The average molecular weight is 384 g/mol. The summed E-state index contributed by atoms with van der Waals surface area (Å²) in [6.45, 7) is 2.19. The van der Waals surface area contributed by atoms with Crippen LogP contribution in [0, 0.1) is 0 Å². The third-order valence-electron chi connectivity index (χ3n) is 4.10. The Morgan fingerprint density at radius 2 is 1.58 bits per heavy atom. The summed E-state index contributed by atoms with van der Waals surface area (Å²) < 4.78 is 39.7. The predicted molar refractivity (Wildman–Crippen MR) is 98.0 cm³/mol. The zero-order valence-electron chi connectivity index (χ0n) is 15.6. The van der Waals surface area contributed by atoms with Crippen molar-refractivity contribution in [3.8, 4) is 11.5 Å². The molecule has 0 aromatic heterocycles. The Morgan fingerprint density at radius 1 is 0.923 bits per heavy atom. The van der Waals surface area contributed by atoms with E-state index in [-0.39, 0.29) is 34.5 Å². The van der Waals surface area contributed by atoms with Gasteiger partial charge in [0.1, 0.15) is 21.6 Å². The normalized spacial score (nSPS) is 11.0. The van der Waals surface area contributed by atoms with Gasteiger partial charge in [0.05, 0.1) is 4.90 Å². The minimum absolute atomic E-state index is 0. The van der Waals surface area contributed by atoms with Crippen molar-refractivity contribution in [2.75, 3.05) is 0 Å². The van der Waals surface area contributed by atoms with E-state index >= 15 is 0 Å². The average Bonchev–Trinajstić information content (AvgIpc) is 2.59. The topological polar surface area (TPSA) is 66.4 Å². The molecule has 0 unspecified atom stereocenters. The minimum Gasteiger partial charge on any atom is -0.744 e. The van der Waals surface area contributed by atoms with Gasteiger partial charge in [-0.15, -0.1) is 0 Å². The van der Waals surface area contributed by atoms with E-state index in [1.807, 2.05) is 18.2 Å².